The van der Waals surface area contributed by atoms with Gasteiger partial charge in [0.25, 0.3) is 5.69 Å². The molecule has 0 spiro atoms. The molecule has 1 saturated heterocycles. The van der Waals surface area contributed by atoms with Crippen molar-refractivity contribution in [2.75, 3.05) is 44.2 Å². The first-order chi connectivity index (χ1) is 16.7. The number of nitrogens with zero attached hydrogens (tertiary/aromatic N) is 5. The van der Waals surface area contributed by atoms with Gasteiger partial charge in [-0.1, -0.05) is 30.3 Å². The number of nitro groups is 1. The summed E-state index contributed by atoms with van der Waals surface area (Å²) < 4.78 is 39.4. The van der Waals surface area contributed by atoms with Gasteiger partial charge >= 0.3 is 6.18 Å². The Hall–Kier alpha value is -3.73. The van der Waals surface area contributed by atoms with Gasteiger partial charge in [0.15, 0.2) is 0 Å². The molecule has 1 aliphatic rings. The predicted octanol–water partition coefficient (Wildman–Crippen LogP) is 3.86. The number of benzene rings is 2. The average molecular weight is 487 g/mol. The molecule has 3 aromatic rings. The summed E-state index contributed by atoms with van der Waals surface area (Å²) >= 11 is 0. The zero-order chi connectivity index (χ0) is 25.0. The summed E-state index contributed by atoms with van der Waals surface area (Å²) in [6, 6.07) is 13.5. The van der Waals surface area contributed by atoms with Crippen LogP contribution in [0.4, 0.5) is 24.5 Å². The average Bonchev–Trinajstić information content (AvgIpc) is 2.83. The number of carbonyl (C=O) groups is 1. The van der Waals surface area contributed by atoms with Gasteiger partial charge in [-0.2, -0.15) is 13.2 Å². The van der Waals surface area contributed by atoms with Gasteiger partial charge in [-0.15, -0.1) is 0 Å². The summed E-state index contributed by atoms with van der Waals surface area (Å²) in [6.45, 7) is 0.481. The van der Waals surface area contributed by atoms with Gasteiger partial charge in [0.2, 0.25) is 5.91 Å². The van der Waals surface area contributed by atoms with E-state index in [0.29, 0.717) is 42.5 Å². The van der Waals surface area contributed by atoms with Gasteiger partial charge in [-0.05, 0) is 17.7 Å². The number of nitro benzene ring substituents is 1. The number of pyridine rings is 1. The van der Waals surface area contributed by atoms with Crippen molar-refractivity contribution in [1.29, 1.82) is 0 Å². The molecule has 35 heavy (non-hydrogen) atoms. The van der Waals surface area contributed by atoms with E-state index in [1.54, 1.807) is 48.7 Å². The van der Waals surface area contributed by atoms with Crippen molar-refractivity contribution in [3.63, 3.8) is 0 Å². The van der Waals surface area contributed by atoms with Gasteiger partial charge in [-0.3, -0.25) is 24.8 Å². The fraction of sp³-hybridized carbons (Fsp3) is 0.333. The van der Waals surface area contributed by atoms with Crippen molar-refractivity contribution in [2.45, 2.75) is 12.7 Å². The topological polar surface area (TPSA) is 82.8 Å². The van der Waals surface area contributed by atoms with Gasteiger partial charge in [-0.25, -0.2) is 0 Å². The number of aromatic nitrogens is 1. The maximum absolute atomic E-state index is 13.1. The lowest BCUT2D eigenvalue weighted by atomic mass is 10.1. The Morgan fingerprint density at radius 2 is 1.74 bits per heavy atom. The molecule has 2 aromatic carbocycles. The molecule has 0 unspecified atom stereocenters. The standard InChI is InChI=1S/C24H24F3N5O3/c25-24(26,27)17-31(15-18-4-2-1-3-5-18)23(33)16-29-10-12-30(13-11-29)21-6-7-22(32(34)35)20-14-28-9-8-19(20)21/h1-9,14H,10-13,15-17H2. The molecule has 0 aliphatic carbocycles. The lowest BCUT2D eigenvalue weighted by Crippen LogP contribution is -2.51. The summed E-state index contributed by atoms with van der Waals surface area (Å²) in [5.74, 6) is -0.577. The van der Waals surface area contributed by atoms with E-state index in [1.165, 1.54) is 12.3 Å². The Morgan fingerprint density at radius 3 is 2.40 bits per heavy atom. The molecule has 0 bridgehead atoms. The van der Waals surface area contributed by atoms with Crippen molar-refractivity contribution in [3.8, 4) is 0 Å². The molecule has 1 aliphatic heterocycles. The van der Waals surface area contributed by atoms with Crippen LogP contribution in [0.2, 0.25) is 0 Å². The molecule has 1 aromatic heterocycles. The van der Waals surface area contributed by atoms with Crippen LogP contribution in [0.25, 0.3) is 10.8 Å². The van der Waals surface area contributed by atoms with Crippen LogP contribution in [-0.2, 0) is 11.3 Å². The lowest BCUT2D eigenvalue weighted by molar-refractivity contribution is -0.383. The van der Waals surface area contributed by atoms with Crippen molar-refractivity contribution < 1.29 is 22.9 Å². The Labute approximate surface area is 199 Å². The SMILES string of the molecule is O=C(CN1CCN(c2ccc([N+](=O)[O-])c3cnccc23)CC1)N(Cc1ccccc1)CC(F)(F)F. The molecule has 0 radical (unpaired) electrons. The highest BCUT2D eigenvalue weighted by Crippen LogP contribution is 2.33. The van der Waals surface area contributed by atoms with Crippen LogP contribution in [0.5, 0.6) is 0 Å². The van der Waals surface area contributed by atoms with E-state index >= 15 is 0 Å². The number of anilines is 1. The van der Waals surface area contributed by atoms with Crippen molar-refractivity contribution in [3.05, 3.63) is 76.6 Å². The third-order valence-electron chi connectivity index (χ3n) is 5.98. The monoisotopic (exact) mass is 487 g/mol. The van der Waals surface area contributed by atoms with E-state index in [0.717, 1.165) is 10.6 Å². The minimum atomic E-state index is -4.49. The van der Waals surface area contributed by atoms with Gasteiger partial charge < -0.3 is 9.80 Å². The van der Waals surface area contributed by atoms with Gasteiger partial charge in [0.1, 0.15) is 6.54 Å². The maximum atomic E-state index is 13.1. The molecule has 184 valence electrons. The number of piperazine rings is 1. The number of rotatable bonds is 7. The third kappa shape index (κ3) is 6.04. The van der Waals surface area contributed by atoms with Crippen molar-refractivity contribution in [2.24, 2.45) is 0 Å². The van der Waals surface area contributed by atoms with E-state index in [4.69, 9.17) is 0 Å². The Balaban J connectivity index is 1.42. The number of amides is 1. The second-order valence-electron chi connectivity index (χ2n) is 8.40. The first-order valence-electron chi connectivity index (χ1n) is 11.1. The largest absolute Gasteiger partial charge is 0.406 e. The molecule has 11 heteroatoms. The van der Waals surface area contributed by atoms with E-state index in [1.807, 2.05) is 4.90 Å². The van der Waals surface area contributed by atoms with Crippen LogP contribution in [0.1, 0.15) is 5.56 Å². The molecule has 4 rings (SSSR count). The summed E-state index contributed by atoms with van der Waals surface area (Å²) in [7, 11) is 0. The van der Waals surface area contributed by atoms with Gasteiger partial charge in [0.05, 0.1) is 16.9 Å². The van der Waals surface area contributed by atoms with Crippen LogP contribution in [0, 0.1) is 10.1 Å². The fourth-order valence-electron chi connectivity index (χ4n) is 4.28. The highest BCUT2D eigenvalue weighted by molar-refractivity contribution is 5.99. The Bertz CT molecular complexity index is 1200. The minimum absolute atomic E-state index is 0.0238. The molecular weight excluding hydrogens is 463 g/mol. The van der Waals surface area contributed by atoms with E-state index in [-0.39, 0.29) is 18.8 Å². The highest BCUT2D eigenvalue weighted by atomic mass is 19.4. The smallest absolute Gasteiger partial charge is 0.368 e. The number of halogens is 3. The van der Waals surface area contributed by atoms with Crippen LogP contribution < -0.4 is 4.90 Å². The number of hydrogen-bond acceptors (Lipinski definition) is 6. The van der Waals surface area contributed by atoms with Crippen LogP contribution in [0.3, 0.4) is 0 Å². The normalized spacial score (nSPS) is 14.8. The molecule has 2 heterocycles. The Morgan fingerprint density at radius 1 is 1.03 bits per heavy atom. The second kappa shape index (κ2) is 10.3. The number of carbonyl (C=O) groups excluding carboxylic acids is 1. The molecule has 1 amide bonds. The molecule has 8 nitrogen and oxygen atoms in total. The molecular formula is C24H24F3N5O3. The van der Waals surface area contributed by atoms with Crippen molar-refractivity contribution in [1.82, 2.24) is 14.8 Å². The highest BCUT2D eigenvalue weighted by Gasteiger charge is 2.34. The molecule has 1 fully saturated rings. The zero-order valence-electron chi connectivity index (χ0n) is 18.8. The van der Waals surface area contributed by atoms with Gasteiger partial charge in [0, 0.05) is 62.3 Å². The fourth-order valence-corrected chi connectivity index (χ4v) is 4.28. The summed E-state index contributed by atoms with van der Waals surface area (Å²) in [6.07, 6.45) is -1.45. The lowest BCUT2D eigenvalue weighted by Gasteiger charge is -2.37. The van der Waals surface area contributed by atoms with Crippen LogP contribution >= 0.6 is 0 Å². The zero-order valence-corrected chi connectivity index (χ0v) is 18.8. The molecule has 0 atom stereocenters. The van der Waals surface area contributed by atoms with E-state index < -0.39 is 23.6 Å². The number of fused-ring (bicyclic) bond motifs is 1. The molecule has 0 N–H and O–H groups in total. The quantitative estimate of drug-likeness (QED) is 0.372. The van der Waals surface area contributed by atoms with E-state index in [9.17, 15) is 28.1 Å². The van der Waals surface area contributed by atoms with Crippen molar-refractivity contribution >= 4 is 28.1 Å². The maximum Gasteiger partial charge on any atom is 0.406 e. The number of hydrogen-bond donors (Lipinski definition) is 0. The summed E-state index contributed by atoms with van der Waals surface area (Å²) in [5.41, 5.74) is 1.43. The predicted molar refractivity (Wildman–Crippen MR) is 125 cm³/mol. The van der Waals surface area contributed by atoms with E-state index in [2.05, 4.69) is 9.88 Å². The first-order valence-corrected chi connectivity index (χ1v) is 11.1. The first kappa shape index (κ1) is 24.4. The Kier molecular flexibility index (Phi) is 7.15. The van der Waals surface area contributed by atoms with Crippen LogP contribution in [0.15, 0.2) is 60.9 Å². The van der Waals surface area contributed by atoms with Crippen LogP contribution in [-0.4, -0.2) is 71.1 Å². The minimum Gasteiger partial charge on any atom is -0.368 e. The third-order valence-corrected chi connectivity index (χ3v) is 5.98. The number of non-ortho nitro benzene ring substituents is 1. The second-order valence-corrected chi connectivity index (χ2v) is 8.40. The molecule has 0 saturated carbocycles. The summed E-state index contributed by atoms with van der Waals surface area (Å²) in [4.78, 5) is 32.5. The summed E-state index contributed by atoms with van der Waals surface area (Å²) in [5, 5.41) is 12.5. The number of alkyl halides is 3.